The summed E-state index contributed by atoms with van der Waals surface area (Å²) in [7, 11) is 0. The van der Waals surface area contributed by atoms with E-state index in [2.05, 4.69) is 49.7 Å². The lowest BCUT2D eigenvalue weighted by Crippen LogP contribution is -2.48. The van der Waals surface area contributed by atoms with Crippen LogP contribution >= 0.6 is 15.9 Å². The Kier molecular flexibility index (Phi) is 4.77. The Labute approximate surface area is 179 Å². The van der Waals surface area contributed by atoms with E-state index in [1.807, 2.05) is 57.4 Å². The monoisotopic (exact) mass is 453 g/mol. The summed E-state index contributed by atoms with van der Waals surface area (Å²) in [6.07, 6.45) is 3.52. The standard InChI is InChI=1S/C23H24BrN3O2/c1-22(2,3)27(21(28)29)14-12-23(16-8-10-17(24)11-9-16)19-7-5-4-6-18(19)20-25-13-15-26(20)23/h4-11,13,15H,12,14H2,1-3H3,(H,28,29). The minimum atomic E-state index is -0.902. The van der Waals surface area contributed by atoms with Crippen molar-refractivity contribution in [3.63, 3.8) is 0 Å². The van der Waals surface area contributed by atoms with E-state index in [9.17, 15) is 9.90 Å². The van der Waals surface area contributed by atoms with Crippen molar-refractivity contribution in [2.75, 3.05) is 6.54 Å². The van der Waals surface area contributed by atoms with Crippen LogP contribution in [0.25, 0.3) is 11.4 Å². The van der Waals surface area contributed by atoms with Gasteiger partial charge in [0.05, 0.1) is 5.54 Å². The lowest BCUT2D eigenvalue weighted by atomic mass is 9.79. The maximum atomic E-state index is 12.0. The Morgan fingerprint density at radius 1 is 1.17 bits per heavy atom. The lowest BCUT2D eigenvalue weighted by molar-refractivity contribution is 0.0946. The van der Waals surface area contributed by atoms with Gasteiger partial charge >= 0.3 is 6.09 Å². The van der Waals surface area contributed by atoms with Gasteiger partial charge in [0.2, 0.25) is 0 Å². The smallest absolute Gasteiger partial charge is 0.407 e. The van der Waals surface area contributed by atoms with Crippen molar-refractivity contribution < 1.29 is 9.90 Å². The molecule has 29 heavy (non-hydrogen) atoms. The highest BCUT2D eigenvalue weighted by atomic mass is 79.9. The Morgan fingerprint density at radius 3 is 2.52 bits per heavy atom. The van der Waals surface area contributed by atoms with Gasteiger partial charge in [0.1, 0.15) is 5.82 Å². The number of rotatable bonds is 4. The molecule has 0 saturated carbocycles. The average molecular weight is 454 g/mol. The summed E-state index contributed by atoms with van der Waals surface area (Å²) in [6.45, 7) is 6.19. The molecule has 3 aromatic rings. The number of imidazole rings is 1. The van der Waals surface area contributed by atoms with Crippen molar-refractivity contribution >= 4 is 22.0 Å². The van der Waals surface area contributed by atoms with Crippen LogP contribution in [-0.2, 0) is 5.54 Å². The largest absolute Gasteiger partial charge is 0.465 e. The summed E-state index contributed by atoms with van der Waals surface area (Å²) in [5.41, 5.74) is 2.37. The lowest BCUT2D eigenvalue weighted by Gasteiger charge is -2.39. The molecule has 5 nitrogen and oxygen atoms in total. The Balaban J connectivity index is 1.89. The van der Waals surface area contributed by atoms with Gasteiger partial charge < -0.3 is 14.6 Å². The molecule has 0 aliphatic carbocycles. The van der Waals surface area contributed by atoms with Crippen LogP contribution < -0.4 is 0 Å². The molecule has 1 aromatic heterocycles. The second kappa shape index (κ2) is 7.02. The van der Waals surface area contributed by atoms with Crippen LogP contribution in [0.4, 0.5) is 4.79 Å². The number of benzene rings is 2. The molecule has 0 bridgehead atoms. The quantitative estimate of drug-likeness (QED) is 0.560. The van der Waals surface area contributed by atoms with Gasteiger partial charge in [0.15, 0.2) is 0 Å². The maximum absolute atomic E-state index is 12.0. The minimum absolute atomic E-state index is 0.404. The Hall–Kier alpha value is -2.60. The van der Waals surface area contributed by atoms with E-state index in [1.54, 1.807) is 0 Å². The highest BCUT2D eigenvalue weighted by Crippen LogP contribution is 2.49. The second-order valence-corrected chi connectivity index (χ2v) is 9.30. The number of hydrogen-bond acceptors (Lipinski definition) is 2. The molecule has 0 saturated heterocycles. The van der Waals surface area contributed by atoms with Crippen molar-refractivity contribution in [2.24, 2.45) is 0 Å². The van der Waals surface area contributed by atoms with Crippen molar-refractivity contribution in [1.82, 2.24) is 14.5 Å². The first-order valence-corrected chi connectivity index (χ1v) is 10.4. The zero-order valence-corrected chi connectivity index (χ0v) is 18.3. The van der Waals surface area contributed by atoms with Crippen molar-refractivity contribution in [2.45, 2.75) is 38.3 Å². The number of fused-ring (bicyclic) bond motifs is 3. The van der Waals surface area contributed by atoms with Crippen molar-refractivity contribution in [1.29, 1.82) is 0 Å². The van der Waals surface area contributed by atoms with Crippen LogP contribution in [0.2, 0.25) is 0 Å². The van der Waals surface area contributed by atoms with Gasteiger partial charge in [-0.05, 0) is 50.5 Å². The number of hydrogen-bond donors (Lipinski definition) is 1. The molecule has 4 rings (SSSR count). The van der Waals surface area contributed by atoms with E-state index in [4.69, 9.17) is 0 Å². The number of carbonyl (C=O) groups is 1. The van der Waals surface area contributed by atoms with Crippen LogP contribution in [-0.4, -0.2) is 37.7 Å². The first-order valence-electron chi connectivity index (χ1n) is 9.65. The van der Waals surface area contributed by atoms with Crippen LogP contribution in [0.3, 0.4) is 0 Å². The zero-order valence-electron chi connectivity index (χ0n) is 16.8. The van der Waals surface area contributed by atoms with E-state index >= 15 is 0 Å². The molecule has 1 aliphatic heterocycles. The summed E-state index contributed by atoms with van der Waals surface area (Å²) >= 11 is 3.53. The number of amides is 1. The molecule has 6 heteroatoms. The normalized spacial score (nSPS) is 17.7. The van der Waals surface area contributed by atoms with Crippen LogP contribution in [0, 0.1) is 0 Å². The third kappa shape index (κ3) is 3.15. The second-order valence-electron chi connectivity index (χ2n) is 8.39. The third-order valence-corrected chi connectivity index (χ3v) is 6.25. The summed E-state index contributed by atoms with van der Waals surface area (Å²) < 4.78 is 3.21. The number of halogens is 1. The molecule has 0 spiro atoms. The van der Waals surface area contributed by atoms with Crippen LogP contribution in [0.5, 0.6) is 0 Å². The van der Waals surface area contributed by atoms with E-state index in [0.29, 0.717) is 13.0 Å². The topological polar surface area (TPSA) is 58.4 Å². The SMILES string of the molecule is CC(C)(C)N(CCC1(c2ccc(Br)cc2)c2ccccc2-c2nccn21)C(=O)O. The molecule has 0 radical (unpaired) electrons. The fourth-order valence-electron chi connectivity index (χ4n) is 4.39. The van der Waals surface area contributed by atoms with Gasteiger partial charge in [-0.25, -0.2) is 9.78 Å². The molecule has 150 valence electrons. The van der Waals surface area contributed by atoms with Gasteiger partial charge in [0.25, 0.3) is 0 Å². The highest BCUT2D eigenvalue weighted by Gasteiger charge is 2.45. The third-order valence-electron chi connectivity index (χ3n) is 5.73. The summed E-state index contributed by atoms with van der Waals surface area (Å²) in [5.74, 6) is 0.918. The fourth-order valence-corrected chi connectivity index (χ4v) is 4.65. The Bertz CT molecular complexity index is 1050. The van der Waals surface area contributed by atoms with E-state index in [-0.39, 0.29) is 0 Å². The number of nitrogens with zero attached hydrogens (tertiary/aromatic N) is 3. The number of carboxylic acid groups (broad SMARTS) is 1. The molecule has 2 aromatic carbocycles. The van der Waals surface area contributed by atoms with Gasteiger partial charge in [-0.2, -0.15) is 0 Å². The number of aromatic nitrogens is 2. The molecular weight excluding hydrogens is 430 g/mol. The molecule has 1 aliphatic rings. The van der Waals surface area contributed by atoms with Gasteiger partial charge in [-0.1, -0.05) is 52.3 Å². The average Bonchev–Trinajstić information content (AvgIpc) is 3.23. The highest BCUT2D eigenvalue weighted by molar-refractivity contribution is 9.10. The van der Waals surface area contributed by atoms with Gasteiger partial charge in [0, 0.05) is 34.5 Å². The summed E-state index contributed by atoms with van der Waals surface area (Å²) in [4.78, 5) is 18.1. The van der Waals surface area contributed by atoms with Crippen molar-refractivity contribution in [3.8, 4) is 11.4 Å². The van der Waals surface area contributed by atoms with E-state index in [0.717, 1.165) is 27.0 Å². The Morgan fingerprint density at radius 2 is 1.86 bits per heavy atom. The minimum Gasteiger partial charge on any atom is -0.465 e. The van der Waals surface area contributed by atoms with Crippen molar-refractivity contribution in [3.05, 3.63) is 76.5 Å². The van der Waals surface area contributed by atoms with Crippen LogP contribution in [0.15, 0.2) is 65.4 Å². The molecule has 2 heterocycles. The molecule has 1 atom stereocenters. The molecule has 0 fully saturated rings. The van der Waals surface area contributed by atoms with Gasteiger partial charge in [-0.15, -0.1) is 0 Å². The predicted molar refractivity (Wildman–Crippen MR) is 117 cm³/mol. The molecular formula is C23H24BrN3O2. The maximum Gasteiger partial charge on any atom is 0.407 e. The van der Waals surface area contributed by atoms with Crippen LogP contribution in [0.1, 0.15) is 38.3 Å². The van der Waals surface area contributed by atoms with Gasteiger partial charge in [-0.3, -0.25) is 0 Å². The molecule has 1 unspecified atom stereocenters. The zero-order chi connectivity index (χ0) is 20.8. The first-order chi connectivity index (χ1) is 13.7. The fraction of sp³-hybridized carbons (Fsp3) is 0.304. The van der Waals surface area contributed by atoms with E-state index in [1.165, 1.54) is 4.90 Å². The predicted octanol–water partition coefficient (Wildman–Crippen LogP) is 5.59. The molecule has 1 N–H and O–H groups in total. The molecule has 1 amide bonds. The summed E-state index contributed by atoms with van der Waals surface area (Å²) in [6, 6.07) is 16.6. The first kappa shape index (κ1) is 19.7. The summed E-state index contributed by atoms with van der Waals surface area (Å²) in [5, 5.41) is 9.82. The van der Waals surface area contributed by atoms with E-state index < -0.39 is 17.2 Å².